The van der Waals surface area contributed by atoms with E-state index in [9.17, 15) is 25.9 Å². The zero-order valence-electron chi connectivity index (χ0n) is 12.2. The molecule has 0 fully saturated rings. The van der Waals surface area contributed by atoms with E-state index in [0.717, 1.165) is 0 Å². The molecule has 0 saturated heterocycles. The molecule has 0 spiro atoms. The molecule has 0 N–H and O–H groups in total. The topological polar surface area (TPSA) is 114 Å². The van der Waals surface area contributed by atoms with Gasteiger partial charge in [0.05, 0.1) is 31.7 Å². The second-order valence-corrected chi connectivity index (χ2v) is 7.18. The van der Waals surface area contributed by atoms with Crippen LogP contribution < -0.4 is 0 Å². The van der Waals surface area contributed by atoms with Gasteiger partial charge in [0.1, 0.15) is 0 Å². The Kier molecular flexibility index (Phi) is 9.77. The predicted molar refractivity (Wildman–Crippen MR) is 79.7 cm³/mol. The average Bonchev–Trinajstić information content (AvgIpc) is 2.38. The molecule has 120 valence electrons. The molecule has 0 unspecified atom stereocenters. The van der Waals surface area contributed by atoms with Crippen LogP contribution in [0.1, 0.15) is 11.1 Å². The molecule has 0 aromatic heterocycles. The first-order valence-corrected chi connectivity index (χ1v) is 9.26. The molecule has 0 bridgehead atoms. The minimum absolute atomic E-state index is 0. The van der Waals surface area contributed by atoms with Crippen LogP contribution in [-0.4, -0.2) is 25.9 Å². The van der Waals surface area contributed by atoms with E-state index in [1.807, 2.05) is 0 Å². The van der Waals surface area contributed by atoms with Crippen molar-refractivity contribution in [1.82, 2.24) is 0 Å². The molecule has 0 aliphatic rings. The molecule has 0 aliphatic carbocycles. The van der Waals surface area contributed by atoms with Crippen molar-refractivity contribution >= 4 is 20.2 Å². The first-order valence-electron chi connectivity index (χ1n) is 6.11. The van der Waals surface area contributed by atoms with Crippen molar-refractivity contribution in [3.05, 3.63) is 71.8 Å². The third-order valence-corrected chi connectivity index (χ3v) is 3.75. The van der Waals surface area contributed by atoms with E-state index in [4.69, 9.17) is 0 Å². The molecule has 0 atom stereocenters. The van der Waals surface area contributed by atoms with Crippen LogP contribution in [0.4, 0.5) is 0 Å². The molecule has 2 aromatic carbocycles. The fourth-order valence-corrected chi connectivity index (χ4v) is 2.76. The number of hydrogen-bond donors (Lipinski definition) is 0. The summed E-state index contributed by atoms with van der Waals surface area (Å²) in [4.78, 5) is 0. The van der Waals surface area contributed by atoms with Gasteiger partial charge >= 0.3 is 27.3 Å². The van der Waals surface area contributed by atoms with Gasteiger partial charge in [-0.1, -0.05) is 60.7 Å². The van der Waals surface area contributed by atoms with E-state index in [-0.39, 0.29) is 27.3 Å². The van der Waals surface area contributed by atoms with Crippen LogP contribution in [-0.2, 0) is 59.0 Å². The van der Waals surface area contributed by atoms with E-state index in [2.05, 4.69) is 0 Å². The molecular weight excluding hydrogens is 441 g/mol. The standard InChI is InChI=1S/2C7H8O3S.Cd/c2*8-11(9,10)6-7-4-2-1-3-5-7;/h2*1-5H,6H2,(H,8,9,10);/q;;+2/p-2. The van der Waals surface area contributed by atoms with Gasteiger partial charge in [0, 0.05) is 0 Å². The summed E-state index contributed by atoms with van der Waals surface area (Å²) in [6.45, 7) is 0. The largest absolute Gasteiger partial charge is 2.00 e. The van der Waals surface area contributed by atoms with Crippen molar-refractivity contribution in [2.45, 2.75) is 11.5 Å². The van der Waals surface area contributed by atoms with Crippen LogP contribution >= 0.6 is 0 Å². The van der Waals surface area contributed by atoms with Crippen LogP contribution in [0.3, 0.4) is 0 Å². The molecule has 0 radical (unpaired) electrons. The minimum Gasteiger partial charge on any atom is -0.748 e. The molecule has 0 aliphatic heterocycles. The first kappa shape index (κ1) is 22.2. The smallest absolute Gasteiger partial charge is 0.748 e. The second-order valence-electron chi connectivity index (χ2n) is 4.38. The van der Waals surface area contributed by atoms with Gasteiger partial charge in [-0.05, 0) is 11.1 Å². The first-order chi connectivity index (χ1) is 10.2. The van der Waals surface area contributed by atoms with Gasteiger partial charge in [-0.2, -0.15) is 0 Å². The van der Waals surface area contributed by atoms with Crippen molar-refractivity contribution in [2.75, 3.05) is 0 Å². The SMILES string of the molecule is O=S(=O)([O-])Cc1ccccc1.O=S(=O)([O-])Cc1ccccc1.[Cd+2]. The maximum atomic E-state index is 10.2. The third-order valence-electron chi connectivity index (χ3n) is 2.37. The van der Waals surface area contributed by atoms with Crippen LogP contribution in [0.25, 0.3) is 0 Å². The molecule has 2 rings (SSSR count). The monoisotopic (exact) mass is 456 g/mol. The van der Waals surface area contributed by atoms with Gasteiger partial charge in [0.25, 0.3) is 0 Å². The zero-order valence-corrected chi connectivity index (χ0v) is 17.8. The number of rotatable bonds is 4. The Morgan fingerprint density at radius 2 is 0.870 bits per heavy atom. The summed E-state index contributed by atoms with van der Waals surface area (Å²) < 4.78 is 61.5. The fraction of sp³-hybridized carbons (Fsp3) is 0.143. The van der Waals surface area contributed by atoms with Gasteiger partial charge in [0.2, 0.25) is 0 Å². The van der Waals surface area contributed by atoms with Crippen molar-refractivity contribution < 1.29 is 53.2 Å². The Labute approximate surface area is 156 Å². The summed E-state index contributed by atoms with van der Waals surface area (Å²) >= 11 is 0. The summed E-state index contributed by atoms with van der Waals surface area (Å²) in [5.41, 5.74) is 1.06. The molecular formula is C14H14CdO6S2. The Bertz CT molecular complexity index is 705. The van der Waals surface area contributed by atoms with Gasteiger partial charge in [-0.15, -0.1) is 0 Å². The molecule has 0 amide bonds. The van der Waals surface area contributed by atoms with Crippen molar-refractivity contribution in [2.24, 2.45) is 0 Å². The summed E-state index contributed by atoms with van der Waals surface area (Å²) in [6, 6.07) is 16.7. The van der Waals surface area contributed by atoms with Gasteiger partial charge < -0.3 is 9.11 Å². The Hall–Kier alpha value is -0.818. The van der Waals surface area contributed by atoms with E-state index >= 15 is 0 Å². The molecule has 9 heteroatoms. The van der Waals surface area contributed by atoms with Gasteiger partial charge in [0.15, 0.2) is 0 Å². The van der Waals surface area contributed by atoms with Crippen LogP contribution in [0, 0.1) is 0 Å². The number of benzene rings is 2. The number of hydrogen-bond acceptors (Lipinski definition) is 6. The van der Waals surface area contributed by atoms with Crippen LogP contribution in [0.5, 0.6) is 0 Å². The molecule has 6 nitrogen and oxygen atoms in total. The van der Waals surface area contributed by atoms with E-state index in [1.54, 1.807) is 60.7 Å². The maximum Gasteiger partial charge on any atom is 2.00 e. The summed E-state index contributed by atoms with van der Waals surface area (Å²) in [7, 11) is -8.25. The molecule has 2 aromatic rings. The zero-order chi connectivity index (χ0) is 16.6. The summed E-state index contributed by atoms with van der Waals surface area (Å²) in [5, 5.41) is 0. The van der Waals surface area contributed by atoms with Gasteiger partial charge in [-0.25, -0.2) is 16.8 Å². The van der Waals surface area contributed by atoms with E-state index < -0.39 is 31.7 Å². The normalized spacial score (nSPS) is 10.9. The fourth-order valence-electron chi connectivity index (χ4n) is 1.56. The van der Waals surface area contributed by atoms with Crippen LogP contribution in [0.2, 0.25) is 0 Å². The summed E-state index contributed by atoms with van der Waals surface area (Å²) in [5.74, 6) is -0.846. The molecule has 0 heterocycles. The quantitative estimate of drug-likeness (QED) is 0.510. The summed E-state index contributed by atoms with van der Waals surface area (Å²) in [6.07, 6.45) is 0. The molecule has 0 saturated carbocycles. The Balaban J connectivity index is 0.000000403. The van der Waals surface area contributed by atoms with Gasteiger partial charge in [-0.3, -0.25) is 0 Å². The Morgan fingerprint density at radius 3 is 1.09 bits per heavy atom. The molecule has 23 heavy (non-hydrogen) atoms. The third kappa shape index (κ3) is 12.3. The second kappa shape index (κ2) is 10.1. The van der Waals surface area contributed by atoms with Crippen molar-refractivity contribution in [3.63, 3.8) is 0 Å². The predicted octanol–water partition coefficient (Wildman–Crippen LogP) is 1.46. The van der Waals surface area contributed by atoms with Crippen molar-refractivity contribution in [1.29, 1.82) is 0 Å². The van der Waals surface area contributed by atoms with E-state index in [1.165, 1.54) is 0 Å². The van der Waals surface area contributed by atoms with Crippen LogP contribution in [0.15, 0.2) is 60.7 Å². The minimum atomic E-state index is -4.13. The van der Waals surface area contributed by atoms with E-state index in [0.29, 0.717) is 11.1 Å². The van der Waals surface area contributed by atoms with Crippen molar-refractivity contribution in [3.8, 4) is 0 Å². The Morgan fingerprint density at radius 1 is 0.609 bits per heavy atom. The maximum absolute atomic E-state index is 10.2. The average molecular weight is 455 g/mol.